The van der Waals surface area contributed by atoms with Crippen molar-refractivity contribution in [1.82, 2.24) is 24.5 Å². The molecule has 0 N–H and O–H groups in total. The molecule has 0 spiro atoms. The third kappa shape index (κ3) is 3.04. The second-order valence-electron chi connectivity index (χ2n) is 6.06. The predicted octanol–water partition coefficient (Wildman–Crippen LogP) is 2.95. The van der Waals surface area contributed by atoms with Gasteiger partial charge in [0.2, 0.25) is 0 Å². The Hall–Kier alpha value is -3.00. The molecule has 0 amide bonds. The van der Waals surface area contributed by atoms with Gasteiger partial charge in [-0.1, -0.05) is 5.92 Å². The van der Waals surface area contributed by atoms with E-state index in [2.05, 4.69) is 26.8 Å². The molecule has 0 aliphatic heterocycles. The fourth-order valence-electron chi connectivity index (χ4n) is 2.59. The van der Waals surface area contributed by atoms with Gasteiger partial charge in [0, 0.05) is 35.8 Å². The molecule has 118 valence electrons. The molecule has 3 aromatic rings. The van der Waals surface area contributed by atoms with E-state index in [1.165, 1.54) is 12.8 Å². The lowest BCUT2D eigenvalue weighted by molar-refractivity contribution is 0.881. The average Bonchev–Trinajstić information content (AvgIpc) is 3.36. The van der Waals surface area contributed by atoms with Crippen LogP contribution >= 0.6 is 0 Å². The minimum absolute atomic E-state index is 0.579. The first-order chi connectivity index (χ1) is 11.7. The highest BCUT2D eigenvalue weighted by Gasteiger charge is 2.25. The number of pyridine rings is 1. The summed E-state index contributed by atoms with van der Waals surface area (Å²) in [7, 11) is 0. The van der Waals surface area contributed by atoms with Crippen LogP contribution in [0.5, 0.6) is 0 Å². The molecule has 0 bridgehead atoms. The Labute approximate surface area is 140 Å². The zero-order valence-corrected chi connectivity index (χ0v) is 13.7. The summed E-state index contributed by atoms with van der Waals surface area (Å²) < 4.78 is 1.95. The maximum absolute atomic E-state index is 4.71. The average molecular weight is 315 g/mol. The Kier molecular flexibility index (Phi) is 3.58. The molecule has 5 nitrogen and oxygen atoms in total. The first-order valence-electron chi connectivity index (χ1n) is 8.02. The Morgan fingerprint density at radius 1 is 1.12 bits per heavy atom. The molecule has 0 radical (unpaired) electrons. The van der Waals surface area contributed by atoms with Gasteiger partial charge in [-0.2, -0.15) is 0 Å². The van der Waals surface area contributed by atoms with E-state index < -0.39 is 0 Å². The Morgan fingerprint density at radius 3 is 2.79 bits per heavy atom. The molecule has 1 aliphatic rings. The van der Waals surface area contributed by atoms with Crippen LogP contribution in [0.25, 0.3) is 5.82 Å². The Bertz CT molecular complexity index is 957. The van der Waals surface area contributed by atoms with Gasteiger partial charge in [0.25, 0.3) is 0 Å². The van der Waals surface area contributed by atoms with Gasteiger partial charge < -0.3 is 0 Å². The fourth-order valence-corrected chi connectivity index (χ4v) is 2.59. The van der Waals surface area contributed by atoms with Gasteiger partial charge >= 0.3 is 0 Å². The molecular formula is C19H17N5. The number of aromatic nitrogens is 5. The molecule has 0 aromatic carbocycles. The van der Waals surface area contributed by atoms with Crippen LogP contribution in [0.2, 0.25) is 0 Å². The third-order valence-electron chi connectivity index (χ3n) is 4.00. The van der Waals surface area contributed by atoms with E-state index in [4.69, 9.17) is 4.98 Å². The van der Waals surface area contributed by atoms with Crippen LogP contribution in [-0.4, -0.2) is 24.5 Å². The lowest BCUT2D eigenvalue weighted by atomic mass is 10.2. The van der Waals surface area contributed by atoms with E-state index in [0.717, 1.165) is 34.3 Å². The van der Waals surface area contributed by atoms with Crippen molar-refractivity contribution in [3.8, 4) is 17.7 Å². The van der Waals surface area contributed by atoms with Crippen molar-refractivity contribution in [2.45, 2.75) is 32.6 Å². The smallest absolute Gasteiger partial charge is 0.156 e. The summed E-state index contributed by atoms with van der Waals surface area (Å²) in [5, 5.41) is 0. The van der Waals surface area contributed by atoms with E-state index in [1.807, 2.05) is 42.9 Å². The van der Waals surface area contributed by atoms with Crippen LogP contribution in [0.3, 0.4) is 0 Å². The maximum Gasteiger partial charge on any atom is 0.156 e. The number of nitrogens with zero attached hydrogens (tertiary/aromatic N) is 5. The molecular weight excluding hydrogens is 298 g/mol. The summed E-state index contributed by atoms with van der Waals surface area (Å²) in [5.74, 6) is 8.48. The number of rotatable bonds is 2. The van der Waals surface area contributed by atoms with Crippen molar-refractivity contribution in [1.29, 1.82) is 0 Å². The van der Waals surface area contributed by atoms with E-state index in [9.17, 15) is 0 Å². The summed E-state index contributed by atoms with van der Waals surface area (Å²) in [4.78, 5) is 17.7. The normalized spacial score (nSPS) is 13.4. The molecule has 5 heteroatoms. The molecule has 0 unspecified atom stereocenters. The zero-order valence-electron chi connectivity index (χ0n) is 13.7. The van der Waals surface area contributed by atoms with E-state index >= 15 is 0 Å². The van der Waals surface area contributed by atoms with Crippen LogP contribution in [0.15, 0.2) is 36.9 Å². The van der Waals surface area contributed by atoms with Gasteiger partial charge in [0.15, 0.2) is 5.82 Å². The summed E-state index contributed by atoms with van der Waals surface area (Å²) in [6.07, 6.45) is 9.73. The highest BCUT2D eigenvalue weighted by atomic mass is 15.1. The number of hydrogen-bond donors (Lipinski definition) is 0. The van der Waals surface area contributed by atoms with Gasteiger partial charge in [-0.05, 0) is 44.7 Å². The van der Waals surface area contributed by atoms with E-state index in [1.54, 1.807) is 12.4 Å². The van der Waals surface area contributed by atoms with Gasteiger partial charge in [0.1, 0.15) is 11.5 Å². The number of imidazole rings is 1. The quantitative estimate of drug-likeness (QED) is 0.682. The second kappa shape index (κ2) is 5.89. The van der Waals surface area contributed by atoms with Gasteiger partial charge in [-0.3, -0.25) is 14.5 Å². The van der Waals surface area contributed by atoms with Crippen molar-refractivity contribution in [2.24, 2.45) is 0 Å². The van der Waals surface area contributed by atoms with Crippen molar-refractivity contribution < 1.29 is 0 Å². The largest absolute Gasteiger partial charge is 0.285 e. The highest BCUT2D eigenvalue weighted by molar-refractivity contribution is 5.41. The summed E-state index contributed by atoms with van der Waals surface area (Å²) in [5.41, 5.74) is 3.68. The van der Waals surface area contributed by atoms with Crippen molar-refractivity contribution >= 4 is 0 Å². The van der Waals surface area contributed by atoms with Crippen LogP contribution in [0, 0.1) is 25.7 Å². The predicted molar refractivity (Wildman–Crippen MR) is 90.8 cm³/mol. The molecule has 1 saturated carbocycles. The minimum atomic E-state index is 0.579. The van der Waals surface area contributed by atoms with Crippen LogP contribution in [0.4, 0.5) is 0 Å². The fraction of sp³-hybridized carbons (Fsp3) is 0.263. The van der Waals surface area contributed by atoms with Crippen molar-refractivity contribution in [3.63, 3.8) is 0 Å². The molecule has 0 saturated heterocycles. The molecule has 24 heavy (non-hydrogen) atoms. The first kappa shape index (κ1) is 14.6. The summed E-state index contributed by atoms with van der Waals surface area (Å²) in [6.45, 7) is 3.91. The summed E-state index contributed by atoms with van der Waals surface area (Å²) >= 11 is 0. The molecule has 3 heterocycles. The number of aryl methyl sites for hydroxylation is 2. The van der Waals surface area contributed by atoms with Crippen LogP contribution < -0.4 is 0 Å². The topological polar surface area (TPSA) is 56.5 Å². The lowest BCUT2D eigenvalue weighted by Crippen LogP contribution is -2.01. The van der Waals surface area contributed by atoms with Gasteiger partial charge in [-0.25, -0.2) is 9.97 Å². The molecule has 4 rings (SSSR count). The highest BCUT2D eigenvalue weighted by Crippen LogP contribution is 2.38. The SMILES string of the molecule is Cc1cc(C#Cc2cn(-c3cncc(C4CC4)n3)c(C)n2)ccn1. The minimum Gasteiger partial charge on any atom is -0.285 e. The standard InChI is InChI=1S/C19H17N5/c1-13-9-15(7-8-21-13)3-6-17-12-24(14(2)22-17)19-11-20-10-18(23-19)16-4-5-16/h7-12,16H,4-5H2,1-2H3. The Balaban J connectivity index is 1.64. The van der Waals surface area contributed by atoms with E-state index in [0.29, 0.717) is 5.92 Å². The molecule has 0 atom stereocenters. The molecule has 1 aliphatic carbocycles. The van der Waals surface area contributed by atoms with Crippen LogP contribution in [0.1, 0.15) is 47.2 Å². The zero-order chi connectivity index (χ0) is 16.5. The van der Waals surface area contributed by atoms with Crippen molar-refractivity contribution in [2.75, 3.05) is 0 Å². The van der Waals surface area contributed by atoms with Gasteiger partial charge in [-0.15, -0.1) is 0 Å². The third-order valence-corrected chi connectivity index (χ3v) is 4.00. The monoisotopic (exact) mass is 315 g/mol. The molecule has 3 aromatic heterocycles. The van der Waals surface area contributed by atoms with Gasteiger partial charge in [0.05, 0.1) is 11.9 Å². The molecule has 1 fully saturated rings. The maximum atomic E-state index is 4.71. The van der Waals surface area contributed by atoms with Crippen molar-refractivity contribution in [3.05, 3.63) is 65.4 Å². The van der Waals surface area contributed by atoms with Crippen LogP contribution in [-0.2, 0) is 0 Å². The Morgan fingerprint density at radius 2 is 2.00 bits per heavy atom. The first-order valence-corrected chi connectivity index (χ1v) is 8.02. The lowest BCUT2D eigenvalue weighted by Gasteiger charge is -2.04. The van der Waals surface area contributed by atoms with E-state index in [-0.39, 0.29) is 0 Å². The summed E-state index contributed by atoms with van der Waals surface area (Å²) in [6, 6.07) is 3.86. The second-order valence-corrected chi connectivity index (χ2v) is 6.06. The number of hydrogen-bond acceptors (Lipinski definition) is 4.